The first-order chi connectivity index (χ1) is 9.10. The van der Waals surface area contributed by atoms with E-state index in [1.54, 1.807) is 0 Å². The van der Waals surface area contributed by atoms with Gasteiger partial charge in [-0.2, -0.15) is 0 Å². The maximum absolute atomic E-state index is 9.20. The predicted octanol–water partition coefficient (Wildman–Crippen LogP) is 3.43. The van der Waals surface area contributed by atoms with Crippen LogP contribution in [-0.2, 0) is 13.2 Å². The lowest BCUT2D eigenvalue weighted by Crippen LogP contribution is -2.16. The molecule has 0 fully saturated rings. The summed E-state index contributed by atoms with van der Waals surface area (Å²) in [5, 5.41) is 9.20. The molecule has 0 aliphatic carbocycles. The molecule has 0 aliphatic rings. The molecule has 0 aromatic heterocycles. The van der Waals surface area contributed by atoms with Gasteiger partial charge in [0.1, 0.15) is 0 Å². The van der Waals surface area contributed by atoms with Crippen molar-refractivity contribution in [1.82, 2.24) is 0 Å². The van der Waals surface area contributed by atoms with Crippen molar-refractivity contribution in [1.29, 1.82) is 0 Å². The van der Waals surface area contributed by atoms with E-state index in [1.165, 1.54) is 16.8 Å². The zero-order valence-corrected chi connectivity index (χ0v) is 11.9. The molecule has 0 saturated heterocycles. The van der Waals surface area contributed by atoms with Crippen molar-refractivity contribution in [3.63, 3.8) is 0 Å². The average Bonchev–Trinajstić information content (AvgIpc) is 2.38. The first-order valence-corrected chi connectivity index (χ1v) is 6.57. The van der Waals surface area contributed by atoms with Crippen molar-refractivity contribution in [2.45, 2.75) is 27.0 Å². The average molecular weight is 255 g/mol. The van der Waals surface area contributed by atoms with Gasteiger partial charge in [0.15, 0.2) is 0 Å². The monoisotopic (exact) mass is 255 g/mol. The molecule has 0 unspecified atom stereocenters. The third-order valence-electron chi connectivity index (χ3n) is 3.44. The fourth-order valence-electron chi connectivity index (χ4n) is 2.27. The Balaban J connectivity index is 2.15. The summed E-state index contributed by atoms with van der Waals surface area (Å²) in [6, 6.07) is 14.8. The number of hydrogen-bond donors (Lipinski definition) is 1. The minimum atomic E-state index is 0.105. The number of benzene rings is 2. The lowest BCUT2D eigenvalue weighted by atomic mass is 10.1. The number of nitrogens with zero attached hydrogens (tertiary/aromatic N) is 1. The molecule has 0 atom stereocenters. The molecule has 0 bridgehead atoms. The normalized spacial score (nSPS) is 10.5. The highest BCUT2D eigenvalue weighted by Crippen LogP contribution is 2.20. The molecule has 2 rings (SSSR count). The first kappa shape index (κ1) is 13.6. The summed E-state index contributed by atoms with van der Waals surface area (Å²) in [6.07, 6.45) is 0. The van der Waals surface area contributed by atoms with Gasteiger partial charge in [0.05, 0.1) is 6.61 Å². The van der Waals surface area contributed by atoms with Crippen molar-refractivity contribution in [2.24, 2.45) is 0 Å². The van der Waals surface area contributed by atoms with Crippen molar-refractivity contribution in [2.75, 3.05) is 11.9 Å². The maximum Gasteiger partial charge on any atom is 0.0684 e. The van der Waals surface area contributed by atoms with Crippen molar-refractivity contribution in [3.8, 4) is 0 Å². The largest absolute Gasteiger partial charge is 0.392 e. The standard InChI is InChI=1S/C17H21NO/c1-13-5-4-6-15(9-13)11-18(3)17-8-7-16(12-19)14(2)10-17/h4-10,19H,11-12H2,1-3H3. The second kappa shape index (κ2) is 5.89. The van der Waals surface area contributed by atoms with Crippen LogP contribution in [0.1, 0.15) is 22.3 Å². The molecule has 2 nitrogen and oxygen atoms in total. The van der Waals surface area contributed by atoms with Crippen LogP contribution in [0, 0.1) is 13.8 Å². The van der Waals surface area contributed by atoms with Crippen LogP contribution in [-0.4, -0.2) is 12.2 Å². The summed E-state index contributed by atoms with van der Waals surface area (Å²) in [6.45, 7) is 5.15. The molecule has 0 radical (unpaired) electrons. The smallest absolute Gasteiger partial charge is 0.0684 e. The number of anilines is 1. The lowest BCUT2D eigenvalue weighted by molar-refractivity contribution is 0.281. The van der Waals surface area contributed by atoms with Gasteiger partial charge in [0, 0.05) is 19.3 Å². The molecule has 2 heteroatoms. The molecule has 19 heavy (non-hydrogen) atoms. The molecule has 0 heterocycles. The Kier molecular flexibility index (Phi) is 4.23. The summed E-state index contributed by atoms with van der Waals surface area (Å²) in [5.41, 5.74) is 5.91. The van der Waals surface area contributed by atoms with Crippen LogP contribution in [0.5, 0.6) is 0 Å². The van der Waals surface area contributed by atoms with Gasteiger partial charge in [-0.1, -0.05) is 35.9 Å². The Labute approximate surface area is 115 Å². The molecule has 0 aliphatic heterocycles. The van der Waals surface area contributed by atoms with E-state index in [1.807, 2.05) is 13.0 Å². The molecule has 0 spiro atoms. The molecule has 2 aromatic carbocycles. The van der Waals surface area contributed by atoms with Crippen LogP contribution in [0.3, 0.4) is 0 Å². The second-order valence-electron chi connectivity index (χ2n) is 5.11. The van der Waals surface area contributed by atoms with Crippen molar-refractivity contribution < 1.29 is 5.11 Å². The van der Waals surface area contributed by atoms with Gasteiger partial charge in [-0.05, 0) is 42.7 Å². The number of aliphatic hydroxyl groups is 1. The van der Waals surface area contributed by atoms with Gasteiger partial charge in [-0.25, -0.2) is 0 Å². The van der Waals surface area contributed by atoms with Gasteiger partial charge >= 0.3 is 0 Å². The van der Waals surface area contributed by atoms with Crippen LogP contribution in [0.4, 0.5) is 5.69 Å². The second-order valence-corrected chi connectivity index (χ2v) is 5.11. The van der Waals surface area contributed by atoms with Crippen LogP contribution in [0.2, 0.25) is 0 Å². The van der Waals surface area contributed by atoms with E-state index in [2.05, 4.69) is 55.3 Å². The van der Waals surface area contributed by atoms with Crippen LogP contribution in [0.15, 0.2) is 42.5 Å². The number of aliphatic hydroxyl groups excluding tert-OH is 1. The first-order valence-electron chi connectivity index (χ1n) is 6.57. The molecule has 100 valence electrons. The summed E-state index contributed by atoms with van der Waals surface area (Å²) < 4.78 is 0. The molecule has 0 saturated carbocycles. The van der Waals surface area contributed by atoms with Gasteiger partial charge < -0.3 is 10.0 Å². The molecule has 1 N–H and O–H groups in total. The highest BCUT2D eigenvalue weighted by atomic mass is 16.3. The lowest BCUT2D eigenvalue weighted by Gasteiger charge is -2.21. The van der Waals surface area contributed by atoms with E-state index in [4.69, 9.17) is 0 Å². The zero-order valence-electron chi connectivity index (χ0n) is 11.9. The number of rotatable bonds is 4. The molecule has 2 aromatic rings. The van der Waals surface area contributed by atoms with E-state index >= 15 is 0 Å². The van der Waals surface area contributed by atoms with Gasteiger partial charge in [-0.3, -0.25) is 0 Å². The summed E-state index contributed by atoms with van der Waals surface area (Å²) in [5.74, 6) is 0. The van der Waals surface area contributed by atoms with Crippen LogP contribution in [0.25, 0.3) is 0 Å². The van der Waals surface area contributed by atoms with Gasteiger partial charge in [-0.15, -0.1) is 0 Å². The Hall–Kier alpha value is -1.80. The van der Waals surface area contributed by atoms with Crippen molar-refractivity contribution >= 4 is 5.69 Å². The third kappa shape index (κ3) is 3.36. The van der Waals surface area contributed by atoms with E-state index < -0.39 is 0 Å². The Morgan fingerprint density at radius 1 is 1.05 bits per heavy atom. The quantitative estimate of drug-likeness (QED) is 0.904. The minimum Gasteiger partial charge on any atom is -0.392 e. The minimum absolute atomic E-state index is 0.105. The van der Waals surface area contributed by atoms with E-state index in [0.29, 0.717) is 0 Å². The van der Waals surface area contributed by atoms with Gasteiger partial charge in [0.25, 0.3) is 0 Å². The SMILES string of the molecule is Cc1cccc(CN(C)c2ccc(CO)c(C)c2)c1. The van der Waals surface area contributed by atoms with Crippen LogP contribution >= 0.6 is 0 Å². The predicted molar refractivity (Wildman–Crippen MR) is 80.4 cm³/mol. The molecular weight excluding hydrogens is 234 g/mol. The summed E-state index contributed by atoms with van der Waals surface area (Å²) in [4.78, 5) is 2.23. The zero-order chi connectivity index (χ0) is 13.8. The molecular formula is C17H21NO. The number of aryl methyl sites for hydroxylation is 2. The van der Waals surface area contributed by atoms with E-state index in [9.17, 15) is 5.11 Å². The Bertz CT molecular complexity index is 563. The van der Waals surface area contributed by atoms with Crippen molar-refractivity contribution in [3.05, 3.63) is 64.7 Å². The van der Waals surface area contributed by atoms with Crippen LogP contribution < -0.4 is 4.90 Å². The molecule has 0 amide bonds. The highest BCUT2D eigenvalue weighted by molar-refractivity contribution is 5.50. The fraction of sp³-hybridized carbons (Fsp3) is 0.294. The summed E-state index contributed by atoms with van der Waals surface area (Å²) in [7, 11) is 2.09. The topological polar surface area (TPSA) is 23.5 Å². The Morgan fingerprint density at radius 2 is 1.84 bits per heavy atom. The Morgan fingerprint density at radius 3 is 2.47 bits per heavy atom. The summed E-state index contributed by atoms with van der Waals surface area (Å²) >= 11 is 0. The number of hydrogen-bond acceptors (Lipinski definition) is 2. The van der Waals surface area contributed by atoms with E-state index in [-0.39, 0.29) is 6.61 Å². The maximum atomic E-state index is 9.20. The van der Waals surface area contributed by atoms with E-state index in [0.717, 1.165) is 17.7 Å². The van der Waals surface area contributed by atoms with Gasteiger partial charge in [0.2, 0.25) is 0 Å². The third-order valence-corrected chi connectivity index (χ3v) is 3.44. The highest BCUT2D eigenvalue weighted by Gasteiger charge is 2.05. The fourth-order valence-corrected chi connectivity index (χ4v) is 2.27.